The number of rotatable bonds is 7. The predicted molar refractivity (Wildman–Crippen MR) is 141 cm³/mol. The number of hydrogen-bond donors (Lipinski definition) is 2. The Morgan fingerprint density at radius 1 is 0.941 bits per heavy atom. The van der Waals surface area contributed by atoms with Crippen LogP contribution in [0.5, 0.6) is 0 Å². The minimum Gasteiger partial charge on any atom is -0.369 e. The highest BCUT2D eigenvalue weighted by Crippen LogP contribution is 2.30. The van der Waals surface area contributed by atoms with Crippen molar-refractivity contribution in [3.63, 3.8) is 0 Å². The van der Waals surface area contributed by atoms with Gasteiger partial charge in [-0.2, -0.15) is 0 Å². The van der Waals surface area contributed by atoms with Gasteiger partial charge in [0.15, 0.2) is 0 Å². The lowest BCUT2D eigenvalue weighted by molar-refractivity contribution is 0.154. The summed E-state index contributed by atoms with van der Waals surface area (Å²) in [5.74, 6) is 0.775. The maximum absolute atomic E-state index is 12.3. The summed E-state index contributed by atoms with van der Waals surface area (Å²) in [7, 11) is 0. The van der Waals surface area contributed by atoms with Crippen LogP contribution in [0.25, 0.3) is 0 Å². The van der Waals surface area contributed by atoms with Crippen molar-refractivity contribution >= 4 is 11.7 Å². The van der Waals surface area contributed by atoms with Crippen LogP contribution in [0.4, 0.5) is 10.5 Å². The second kappa shape index (κ2) is 11.7. The van der Waals surface area contributed by atoms with Crippen LogP contribution in [-0.2, 0) is 6.54 Å². The molecule has 2 N–H and O–H groups in total. The average Bonchev–Trinajstić information content (AvgIpc) is 2.86. The molecular formula is C29H42N4O. The van der Waals surface area contributed by atoms with Crippen molar-refractivity contribution in [2.75, 3.05) is 31.1 Å². The zero-order valence-electron chi connectivity index (χ0n) is 21.2. The zero-order valence-corrected chi connectivity index (χ0v) is 21.2. The fourth-order valence-corrected chi connectivity index (χ4v) is 5.67. The summed E-state index contributed by atoms with van der Waals surface area (Å²) in [5.41, 5.74) is 5.34. The van der Waals surface area contributed by atoms with Gasteiger partial charge in [0.2, 0.25) is 0 Å². The minimum atomic E-state index is -0.0395. The van der Waals surface area contributed by atoms with Crippen LogP contribution in [0.2, 0.25) is 0 Å². The number of nitrogens with zero attached hydrogens (tertiary/aromatic N) is 2. The maximum atomic E-state index is 12.3. The monoisotopic (exact) mass is 462 g/mol. The van der Waals surface area contributed by atoms with Crippen LogP contribution in [0.3, 0.4) is 0 Å². The smallest absolute Gasteiger partial charge is 0.315 e. The Morgan fingerprint density at radius 2 is 1.65 bits per heavy atom. The third-order valence-electron chi connectivity index (χ3n) is 8.01. The molecule has 1 unspecified atom stereocenters. The minimum absolute atomic E-state index is 0.0395. The van der Waals surface area contributed by atoms with Crippen LogP contribution in [0, 0.1) is 19.8 Å². The van der Waals surface area contributed by atoms with Gasteiger partial charge in [0.05, 0.1) is 0 Å². The number of hydrogen-bond acceptors (Lipinski definition) is 3. The van der Waals surface area contributed by atoms with Gasteiger partial charge >= 0.3 is 6.03 Å². The Balaban J connectivity index is 1.15. The first-order chi connectivity index (χ1) is 16.5. The van der Waals surface area contributed by atoms with E-state index in [4.69, 9.17) is 0 Å². The fraction of sp³-hybridized carbons (Fsp3) is 0.552. The molecule has 4 rings (SSSR count). The van der Waals surface area contributed by atoms with Crippen LogP contribution in [0.1, 0.15) is 55.7 Å². The van der Waals surface area contributed by atoms with E-state index in [9.17, 15) is 4.79 Å². The SMILES string of the molecule is Cc1cccc(N2CCN(C(C)C[C@H]3CC[C@H](NC(=O)NCc4ccccc4)CC3)CC2)c1C. The molecule has 2 fully saturated rings. The van der Waals surface area contributed by atoms with Crippen molar-refractivity contribution in [3.8, 4) is 0 Å². The van der Waals surface area contributed by atoms with Gasteiger partial charge in [-0.1, -0.05) is 42.5 Å². The highest BCUT2D eigenvalue weighted by atomic mass is 16.2. The molecule has 1 aliphatic heterocycles. The number of aryl methyl sites for hydroxylation is 1. The van der Waals surface area contributed by atoms with E-state index >= 15 is 0 Å². The molecule has 2 aromatic rings. The molecule has 184 valence electrons. The van der Waals surface area contributed by atoms with Crippen LogP contribution in [0.15, 0.2) is 48.5 Å². The topological polar surface area (TPSA) is 47.6 Å². The standard InChI is InChI=1S/C29H42N4O/c1-22-8-7-11-28(24(22)3)33-18-16-32(17-19-33)23(2)20-25-12-14-27(15-13-25)31-29(34)30-21-26-9-5-4-6-10-26/h4-11,23,25,27H,12-21H2,1-3H3,(H2,30,31,34)/t23?,25-,27-. The van der Waals surface area contributed by atoms with Crippen molar-refractivity contribution in [2.45, 2.75) is 71.5 Å². The molecule has 2 amide bonds. The summed E-state index contributed by atoms with van der Waals surface area (Å²) >= 11 is 0. The van der Waals surface area contributed by atoms with Crippen LogP contribution < -0.4 is 15.5 Å². The molecule has 2 aromatic carbocycles. The Hall–Kier alpha value is -2.53. The van der Waals surface area contributed by atoms with Crippen LogP contribution >= 0.6 is 0 Å². The van der Waals surface area contributed by atoms with E-state index in [0.29, 0.717) is 18.6 Å². The first-order valence-electron chi connectivity index (χ1n) is 13.1. The number of nitrogens with one attached hydrogen (secondary N) is 2. The number of piperazine rings is 1. The lowest BCUT2D eigenvalue weighted by atomic mass is 9.82. The van der Waals surface area contributed by atoms with E-state index in [1.165, 1.54) is 36.1 Å². The summed E-state index contributed by atoms with van der Waals surface area (Å²) in [6.07, 6.45) is 5.90. The van der Waals surface area contributed by atoms with Gasteiger partial charge in [-0.3, -0.25) is 4.90 Å². The molecule has 5 heteroatoms. The number of carbonyl (C=O) groups is 1. The molecule has 0 spiro atoms. The van der Waals surface area contributed by atoms with E-state index < -0.39 is 0 Å². The summed E-state index contributed by atoms with van der Waals surface area (Å²) in [6.45, 7) is 12.0. The summed E-state index contributed by atoms with van der Waals surface area (Å²) in [4.78, 5) is 17.5. The van der Waals surface area contributed by atoms with Crippen molar-refractivity contribution in [1.82, 2.24) is 15.5 Å². The van der Waals surface area contributed by atoms with Crippen molar-refractivity contribution < 1.29 is 4.79 Å². The molecule has 34 heavy (non-hydrogen) atoms. The summed E-state index contributed by atoms with van der Waals surface area (Å²) in [6, 6.07) is 17.6. The molecule has 5 nitrogen and oxygen atoms in total. The Labute approximate surface area is 205 Å². The lowest BCUT2D eigenvalue weighted by Gasteiger charge is -2.41. The van der Waals surface area contributed by atoms with Gasteiger partial charge in [-0.25, -0.2) is 4.79 Å². The van der Waals surface area contributed by atoms with E-state index in [0.717, 1.165) is 50.5 Å². The summed E-state index contributed by atoms with van der Waals surface area (Å²) < 4.78 is 0. The fourth-order valence-electron chi connectivity index (χ4n) is 5.67. The normalized spacial score (nSPS) is 22.3. The van der Waals surface area contributed by atoms with Gasteiger partial charge in [0.1, 0.15) is 0 Å². The van der Waals surface area contributed by atoms with E-state index in [2.05, 4.69) is 59.4 Å². The van der Waals surface area contributed by atoms with Gasteiger partial charge in [0.25, 0.3) is 0 Å². The van der Waals surface area contributed by atoms with Gasteiger partial charge < -0.3 is 15.5 Å². The largest absolute Gasteiger partial charge is 0.369 e. The molecule has 0 bridgehead atoms. The van der Waals surface area contributed by atoms with Gasteiger partial charge in [-0.15, -0.1) is 0 Å². The van der Waals surface area contributed by atoms with Crippen molar-refractivity contribution in [1.29, 1.82) is 0 Å². The number of benzene rings is 2. The molecular weight excluding hydrogens is 420 g/mol. The summed E-state index contributed by atoms with van der Waals surface area (Å²) in [5, 5.41) is 6.18. The van der Waals surface area contributed by atoms with Gasteiger partial charge in [-0.05, 0) is 81.5 Å². The molecule has 1 saturated heterocycles. The molecule has 0 aromatic heterocycles. The third kappa shape index (κ3) is 6.53. The first kappa shape index (κ1) is 24.6. The second-order valence-electron chi connectivity index (χ2n) is 10.4. The number of anilines is 1. The second-order valence-corrected chi connectivity index (χ2v) is 10.4. The molecule has 2 aliphatic rings. The lowest BCUT2D eigenvalue weighted by Crippen LogP contribution is -2.50. The maximum Gasteiger partial charge on any atom is 0.315 e. The quantitative estimate of drug-likeness (QED) is 0.590. The Bertz CT molecular complexity index is 915. The highest BCUT2D eigenvalue weighted by Gasteiger charge is 2.27. The van der Waals surface area contributed by atoms with E-state index in [1.54, 1.807) is 0 Å². The van der Waals surface area contributed by atoms with Crippen molar-refractivity contribution in [3.05, 3.63) is 65.2 Å². The van der Waals surface area contributed by atoms with E-state index in [1.807, 2.05) is 30.3 Å². The highest BCUT2D eigenvalue weighted by molar-refractivity contribution is 5.74. The number of urea groups is 1. The van der Waals surface area contributed by atoms with E-state index in [-0.39, 0.29) is 6.03 Å². The Kier molecular flexibility index (Phi) is 8.49. The van der Waals surface area contributed by atoms with Crippen molar-refractivity contribution in [2.24, 2.45) is 5.92 Å². The molecule has 1 saturated carbocycles. The van der Waals surface area contributed by atoms with Gasteiger partial charge in [0, 0.05) is 50.5 Å². The number of amides is 2. The number of carbonyl (C=O) groups excluding carboxylic acids is 1. The average molecular weight is 463 g/mol. The molecule has 0 radical (unpaired) electrons. The zero-order chi connectivity index (χ0) is 23.9. The van der Waals surface area contributed by atoms with Crippen LogP contribution in [-0.4, -0.2) is 49.2 Å². The Morgan fingerprint density at radius 3 is 2.35 bits per heavy atom. The molecule has 1 heterocycles. The molecule has 1 aliphatic carbocycles. The molecule has 1 atom stereocenters. The first-order valence-corrected chi connectivity index (χ1v) is 13.1. The third-order valence-corrected chi connectivity index (χ3v) is 8.01. The predicted octanol–water partition coefficient (Wildman–Crippen LogP) is 5.26.